The predicted molar refractivity (Wildman–Crippen MR) is 146 cm³/mol. The summed E-state index contributed by atoms with van der Waals surface area (Å²) in [5, 5.41) is 3.09. The summed E-state index contributed by atoms with van der Waals surface area (Å²) in [5.41, 5.74) is 1.14. The van der Waals surface area contributed by atoms with Crippen molar-refractivity contribution >= 4 is 17.7 Å². The number of nitrogens with zero attached hydrogens (tertiary/aromatic N) is 5. The molecule has 3 amide bonds. The summed E-state index contributed by atoms with van der Waals surface area (Å²) in [6.07, 6.45) is 3.96. The van der Waals surface area contributed by atoms with E-state index in [1.807, 2.05) is 28.0 Å². The summed E-state index contributed by atoms with van der Waals surface area (Å²) in [4.78, 5) is 54.0. The molecule has 11 nitrogen and oxygen atoms in total. The van der Waals surface area contributed by atoms with E-state index in [2.05, 4.69) is 20.2 Å². The molecule has 0 aromatic carbocycles. The number of rotatable bonds is 2. The molecule has 2 aromatic rings. The molecule has 2 aromatic heterocycles. The molecule has 2 saturated heterocycles. The first-order valence-electron chi connectivity index (χ1n) is 14.1. The number of hydrogen-bond acceptors (Lipinski definition) is 8. The highest BCUT2D eigenvalue weighted by atomic mass is 16.5. The molecule has 214 valence electrons. The maximum absolute atomic E-state index is 13.8. The van der Waals surface area contributed by atoms with Crippen LogP contribution in [0.1, 0.15) is 42.4 Å². The molecule has 6 rings (SSSR count). The van der Waals surface area contributed by atoms with E-state index in [-0.39, 0.29) is 42.1 Å². The van der Waals surface area contributed by atoms with Crippen LogP contribution in [-0.4, -0.2) is 107 Å². The van der Waals surface area contributed by atoms with Crippen molar-refractivity contribution in [3.63, 3.8) is 0 Å². The van der Waals surface area contributed by atoms with Crippen LogP contribution in [-0.2, 0) is 20.9 Å². The van der Waals surface area contributed by atoms with Crippen LogP contribution in [0.2, 0.25) is 0 Å². The second-order valence-electron chi connectivity index (χ2n) is 10.7. The average Bonchev–Trinajstić information content (AvgIpc) is 3.36. The molecule has 40 heavy (non-hydrogen) atoms. The topological polar surface area (TPSA) is 117 Å². The van der Waals surface area contributed by atoms with E-state index in [1.165, 1.54) is 0 Å². The van der Waals surface area contributed by atoms with E-state index in [0.29, 0.717) is 70.7 Å². The van der Waals surface area contributed by atoms with Gasteiger partial charge in [0, 0.05) is 64.5 Å². The number of piperidine rings is 1. The first-order chi connectivity index (χ1) is 19.5. The zero-order valence-electron chi connectivity index (χ0n) is 23.0. The quantitative estimate of drug-likeness (QED) is 0.557. The lowest BCUT2D eigenvalue weighted by atomic mass is 9.95. The van der Waals surface area contributed by atoms with E-state index < -0.39 is 0 Å². The van der Waals surface area contributed by atoms with E-state index in [0.717, 1.165) is 18.5 Å². The molecule has 2 fully saturated rings. The fourth-order valence-corrected chi connectivity index (χ4v) is 5.74. The minimum atomic E-state index is -0.355. The van der Waals surface area contributed by atoms with Crippen molar-refractivity contribution in [2.24, 2.45) is 5.92 Å². The summed E-state index contributed by atoms with van der Waals surface area (Å²) in [6, 6.07) is 10.3. The Morgan fingerprint density at radius 3 is 2.65 bits per heavy atom. The predicted octanol–water partition coefficient (Wildman–Crippen LogP) is 1.35. The Morgan fingerprint density at radius 2 is 1.88 bits per heavy atom. The third-order valence-corrected chi connectivity index (χ3v) is 7.90. The molecule has 4 aliphatic heterocycles. The van der Waals surface area contributed by atoms with Gasteiger partial charge in [-0.3, -0.25) is 24.3 Å². The number of aromatic nitrogens is 2. The average molecular weight is 551 g/mol. The number of ether oxygens (including phenoxy) is 2. The summed E-state index contributed by atoms with van der Waals surface area (Å²) in [6.45, 7) is 6.18. The number of amides is 3. The normalized spacial score (nSPS) is 25.2. The van der Waals surface area contributed by atoms with Crippen LogP contribution in [0.5, 0.6) is 5.88 Å². The number of fused-ring (bicyclic) bond motifs is 10. The van der Waals surface area contributed by atoms with Gasteiger partial charge in [0.15, 0.2) is 0 Å². The Hall–Kier alpha value is -3.57. The largest absolute Gasteiger partial charge is 0.475 e. The second kappa shape index (κ2) is 13.2. The number of hydrogen-bond donors (Lipinski definition) is 1. The first kappa shape index (κ1) is 28.0. The fraction of sp³-hybridized carbons (Fsp3) is 0.552. The standard InChI is InChI=1S/C29H38N6O5/c1-21(36)34-13-14-39-15-16-40-27-7-4-6-25(32-27)28(37)31-24-17-26(29(38)33-11-8-22(18-34)9-12-33)35(20-24)19-23-5-2-3-10-30-23/h2-7,10,22,24,26H,8-9,11-20H2,1H3,(H,31,37)/t24-,26-/m0/s1. The van der Waals surface area contributed by atoms with Crippen LogP contribution in [0.25, 0.3) is 0 Å². The summed E-state index contributed by atoms with van der Waals surface area (Å²) in [7, 11) is 0. The molecule has 4 aliphatic rings. The Bertz CT molecular complexity index is 1170. The third-order valence-electron chi connectivity index (χ3n) is 7.90. The molecule has 0 spiro atoms. The molecule has 11 heteroatoms. The molecule has 0 aliphatic carbocycles. The lowest BCUT2D eigenvalue weighted by Gasteiger charge is -2.37. The van der Waals surface area contributed by atoms with Gasteiger partial charge >= 0.3 is 0 Å². The summed E-state index contributed by atoms with van der Waals surface area (Å²) in [5.74, 6) is 0.490. The van der Waals surface area contributed by atoms with Crippen LogP contribution >= 0.6 is 0 Å². The van der Waals surface area contributed by atoms with Crippen molar-refractivity contribution in [3.05, 3.63) is 54.0 Å². The third kappa shape index (κ3) is 7.14. The molecule has 6 bridgehead atoms. The molecule has 0 saturated carbocycles. The maximum atomic E-state index is 13.8. The van der Waals surface area contributed by atoms with Crippen molar-refractivity contribution in [2.75, 3.05) is 52.5 Å². The SMILES string of the molecule is CC(=O)N1CCOCCOc2cccc(n2)C(=O)N[C@H]2C[C@@H](C(=O)N3CCC(CC3)C1)N(Cc1ccccn1)C2. The molecule has 1 N–H and O–H groups in total. The minimum Gasteiger partial charge on any atom is -0.475 e. The van der Waals surface area contributed by atoms with Gasteiger partial charge in [0.25, 0.3) is 5.91 Å². The van der Waals surface area contributed by atoms with Gasteiger partial charge in [-0.15, -0.1) is 0 Å². The van der Waals surface area contributed by atoms with Gasteiger partial charge in [0.05, 0.1) is 24.9 Å². The van der Waals surface area contributed by atoms with Crippen molar-refractivity contribution in [3.8, 4) is 5.88 Å². The molecule has 6 heterocycles. The second-order valence-corrected chi connectivity index (χ2v) is 10.7. The highest BCUT2D eigenvalue weighted by Crippen LogP contribution is 2.26. The lowest BCUT2D eigenvalue weighted by molar-refractivity contribution is -0.138. The Balaban J connectivity index is 1.35. The van der Waals surface area contributed by atoms with Crippen molar-refractivity contribution in [1.29, 1.82) is 0 Å². The monoisotopic (exact) mass is 550 g/mol. The minimum absolute atomic E-state index is 0.0251. The Labute approximate surface area is 234 Å². The molecular weight excluding hydrogens is 512 g/mol. The van der Waals surface area contributed by atoms with Crippen molar-refractivity contribution in [1.82, 2.24) is 30.0 Å². The van der Waals surface area contributed by atoms with Gasteiger partial charge in [0.2, 0.25) is 17.7 Å². The molecule has 0 unspecified atom stereocenters. The van der Waals surface area contributed by atoms with Crippen molar-refractivity contribution < 1.29 is 23.9 Å². The molecule has 0 radical (unpaired) electrons. The number of carbonyl (C=O) groups excluding carboxylic acids is 3. The van der Waals surface area contributed by atoms with E-state index in [1.54, 1.807) is 31.3 Å². The van der Waals surface area contributed by atoms with Gasteiger partial charge in [-0.2, -0.15) is 0 Å². The fourth-order valence-electron chi connectivity index (χ4n) is 5.74. The van der Waals surface area contributed by atoms with Gasteiger partial charge in [-0.25, -0.2) is 4.98 Å². The van der Waals surface area contributed by atoms with Gasteiger partial charge in [-0.05, 0) is 43.4 Å². The van der Waals surface area contributed by atoms with Crippen LogP contribution in [0.15, 0.2) is 42.6 Å². The maximum Gasteiger partial charge on any atom is 0.270 e. The zero-order valence-corrected chi connectivity index (χ0v) is 23.0. The number of pyridine rings is 2. The van der Waals surface area contributed by atoms with Crippen LogP contribution in [0.4, 0.5) is 0 Å². The van der Waals surface area contributed by atoms with Gasteiger partial charge in [0.1, 0.15) is 12.3 Å². The number of nitrogens with one attached hydrogen (secondary N) is 1. The van der Waals surface area contributed by atoms with Crippen LogP contribution in [0, 0.1) is 5.92 Å². The number of likely N-dealkylation sites (tertiary alicyclic amines) is 1. The van der Waals surface area contributed by atoms with Crippen LogP contribution < -0.4 is 10.1 Å². The van der Waals surface area contributed by atoms with Crippen LogP contribution in [0.3, 0.4) is 0 Å². The van der Waals surface area contributed by atoms with Crippen molar-refractivity contribution in [2.45, 2.75) is 44.8 Å². The summed E-state index contributed by atoms with van der Waals surface area (Å²) >= 11 is 0. The van der Waals surface area contributed by atoms with E-state index in [9.17, 15) is 14.4 Å². The van der Waals surface area contributed by atoms with Gasteiger partial charge in [-0.1, -0.05) is 12.1 Å². The Morgan fingerprint density at radius 1 is 1.02 bits per heavy atom. The zero-order chi connectivity index (χ0) is 27.9. The Kier molecular flexibility index (Phi) is 9.22. The highest BCUT2D eigenvalue weighted by molar-refractivity contribution is 5.92. The molecular formula is C29H38N6O5. The highest BCUT2D eigenvalue weighted by Gasteiger charge is 2.40. The van der Waals surface area contributed by atoms with E-state index in [4.69, 9.17) is 9.47 Å². The lowest BCUT2D eigenvalue weighted by Crippen LogP contribution is -2.49. The van der Waals surface area contributed by atoms with Gasteiger partial charge < -0.3 is 24.6 Å². The summed E-state index contributed by atoms with van der Waals surface area (Å²) < 4.78 is 11.4. The molecule has 2 atom stereocenters. The first-order valence-corrected chi connectivity index (χ1v) is 14.1. The smallest absolute Gasteiger partial charge is 0.270 e. The number of carbonyl (C=O) groups is 3. The van der Waals surface area contributed by atoms with E-state index >= 15 is 0 Å².